The SMILES string of the molecule is O=C(Nc1cccc(CN2CCCCC2=O)c1)C1CNCCO1. The predicted octanol–water partition coefficient (Wildman–Crippen LogP) is 1.13. The molecule has 0 spiro atoms. The highest BCUT2D eigenvalue weighted by Crippen LogP contribution is 2.17. The number of hydrogen-bond donors (Lipinski definition) is 2. The molecule has 2 aliphatic heterocycles. The van der Waals surface area contributed by atoms with Crippen LogP contribution in [0.15, 0.2) is 24.3 Å². The number of carbonyl (C=O) groups is 2. The molecule has 2 heterocycles. The van der Waals surface area contributed by atoms with E-state index in [-0.39, 0.29) is 11.8 Å². The summed E-state index contributed by atoms with van der Waals surface area (Å²) in [6.07, 6.45) is 2.24. The van der Waals surface area contributed by atoms with Gasteiger partial charge in [0.05, 0.1) is 6.61 Å². The van der Waals surface area contributed by atoms with Crippen LogP contribution in [-0.2, 0) is 20.9 Å². The molecule has 6 heteroatoms. The number of hydrogen-bond acceptors (Lipinski definition) is 4. The predicted molar refractivity (Wildman–Crippen MR) is 86.9 cm³/mol. The molecule has 23 heavy (non-hydrogen) atoms. The molecule has 1 atom stereocenters. The van der Waals surface area contributed by atoms with E-state index in [1.807, 2.05) is 29.2 Å². The van der Waals surface area contributed by atoms with E-state index in [2.05, 4.69) is 10.6 Å². The minimum Gasteiger partial charge on any atom is -0.366 e. The van der Waals surface area contributed by atoms with Gasteiger partial charge >= 0.3 is 0 Å². The van der Waals surface area contributed by atoms with Crippen LogP contribution in [0.2, 0.25) is 0 Å². The van der Waals surface area contributed by atoms with Gasteiger partial charge in [-0.15, -0.1) is 0 Å². The number of benzene rings is 1. The van der Waals surface area contributed by atoms with Crippen molar-refractivity contribution in [2.24, 2.45) is 0 Å². The largest absolute Gasteiger partial charge is 0.366 e. The number of carbonyl (C=O) groups excluding carboxylic acids is 2. The zero-order chi connectivity index (χ0) is 16.1. The third kappa shape index (κ3) is 4.30. The number of nitrogens with one attached hydrogen (secondary N) is 2. The van der Waals surface area contributed by atoms with Crippen LogP contribution in [0.3, 0.4) is 0 Å². The van der Waals surface area contributed by atoms with Gasteiger partial charge in [0.2, 0.25) is 5.91 Å². The summed E-state index contributed by atoms with van der Waals surface area (Å²) >= 11 is 0. The number of piperidine rings is 1. The maximum atomic E-state index is 12.2. The molecule has 0 aliphatic carbocycles. The van der Waals surface area contributed by atoms with Crippen molar-refractivity contribution in [2.75, 3.05) is 31.6 Å². The Bertz CT molecular complexity index is 570. The summed E-state index contributed by atoms with van der Waals surface area (Å²) in [5, 5.41) is 6.04. The number of nitrogens with zero attached hydrogens (tertiary/aromatic N) is 1. The Labute approximate surface area is 136 Å². The van der Waals surface area contributed by atoms with E-state index in [1.165, 1.54) is 0 Å². The standard InChI is InChI=1S/C17H23N3O3/c21-16-6-1-2-8-20(16)12-13-4-3-5-14(10-13)19-17(22)15-11-18-7-9-23-15/h3-5,10,15,18H,1-2,6-9,11-12H2,(H,19,22). The van der Waals surface area contributed by atoms with Gasteiger partial charge in [0.25, 0.3) is 5.91 Å². The molecular weight excluding hydrogens is 294 g/mol. The van der Waals surface area contributed by atoms with Crippen LogP contribution in [0.4, 0.5) is 5.69 Å². The van der Waals surface area contributed by atoms with Gasteiger partial charge in [0.1, 0.15) is 6.10 Å². The maximum absolute atomic E-state index is 12.2. The lowest BCUT2D eigenvalue weighted by Gasteiger charge is -2.27. The summed E-state index contributed by atoms with van der Waals surface area (Å²) in [7, 11) is 0. The molecule has 2 N–H and O–H groups in total. The van der Waals surface area contributed by atoms with Crippen LogP contribution >= 0.6 is 0 Å². The monoisotopic (exact) mass is 317 g/mol. The van der Waals surface area contributed by atoms with E-state index in [4.69, 9.17) is 4.74 Å². The van der Waals surface area contributed by atoms with Crippen LogP contribution in [0.5, 0.6) is 0 Å². The molecule has 0 bridgehead atoms. The molecule has 2 aliphatic rings. The van der Waals surface area contributed by atoms with Gasteiger partial charge in [0, 0.05) is 38.3 Å². The molecular formula is C17H23N3O3. The third-order valence-corrected chi connectivity index (χ3v) is 4.21. The fraction of sp³-hybridized carbons (Fsp3) is 0.529. The van der Waals surface area contributed by atoms with Crippen molar-refractivity contribution < 1.29 is 14.3 Å². The van der Waals surface area contributed by atoms with E-state index in [9.17, 15) is 9.59 Å². The van der Waals surface area contributed by atoms with Crippen molar-refractivity contribution in [3.63, 3.8) is 0 Å². The molecule has 0 radical (unpaired) electrons. The van der Waals surface area contributed by atoms with Crippen LogP contribution in [-0.4, -0.2) is 49.1 Å². The first-order valence-corrected chi connectivity index (χ1v) is 8.22. The number of likely N-dealkylation sites (tertiary alicyclic amines) is 1. The second-order valence-corrected chi connectivity index (χ2v) is 6.03. The topological polar surface area (TPSA) is 70.7 Å². The summed E-state index contributed by atoms with van der Waals surface area (Å²) in [5.74, 6) is 0.0794. The third-order valence-electron chi connectivity index (χ3n) is 4.21. The Morgan fingerprint density at radius 3 is 3.09 bits per heavy atom. The highest BCUT2D eigenvalue weighted by atomic mass is 16.5. The lowest BCUT2D eigenvalue weighted by atomic mass is 10.1. The molecule has 1 unspecified atom stereocenters. The fourth-order valence-electron chi connectivity index (χ4n) is 2.95. The molecule has 2 amide bonds. The van der Waals surface area contributed by atoms with Gasteiger partial charge in [-0.05, 0) is 30.5 Å². The Hall–Kier alpha value is -1.92. The molecule has 3 rings (SSSR count). The van der Waals surface area contributed by atoms with Crippen molar-refractivity contribution in [1.82, 2.24) is 10.2 Å². The quantitative estimate of drug-likeness (QED) is 0.873. The Kier molecular flexibility index (Phi) is 5.25. The average molecular weight is 317 g/mol. The summed E-state index contributed by atoms with van der Waals surface area (Å²) in [6.45, 7) is 3.28. The maximum Gasteiger partial charge on any atom is 0.254 e. The molecule has 6 nitrogen and oxygen atoms in total. The number of amides is 2. The van der Waals surface area contributed by atoms with Gasteiger partial charge in [-0.25, -0.2) is 0 Å². The average Bonchev–Trinajstić information content (AvgIpc) is 2.58. The summed E-state index contributed by atoms with van der Waals surface area (Å²) in [6, 6.07) is 7.67. The van der Waals surface area contributed by atoms with Crippen molar-refractivity contribution in [3.05, 3.63) is 29.8 Å². The fourth-order valence-corrected chi connectivity index (χ4v) is 2.95. The van der Waals surface area contributed by atoms with Crippen molar-refractivity contribution in [1.29, 1.82) is 0 Å². The molecule has 2 saturated heterocycles. The summed E-state index contributed by atoms with van der Waals surface area (Å²) in [5.41, 5.74) is 1.77. The van der Waals surface area contributed by atoms with E-state index in [1.54, 1.807) is 0 Å². The van der Waals surface area contributed by atoms with Crippen molar-refractivity contribution in [3.8, 4) is 0 Å². The lowest BCUT2D eigenvalue weighted by Crippen LogP contribution is -2.45. The minimum absolute atomic E-state index is 0.136. The number of morpholine rings is 1. The van der Waals surface area contributed by atoms with Gasteiger partial charge in [-0.1, -0.05) is 12.1 Å². The molecule has 2 fully saturated rings. The first kappa shape index (κ1) is 16.0. The molecule has 124 valence electrons. The zero-order valence-electron chi connectivity index (χ0n) is 13.2. The number of ether oxygens (including phenoxy) is 1. The van der Waals surface area contributed by atoms with E-state index >= 15 is 0 Å². The number of rotatable bonds is 4. The van der Waals surface area contributed by atoms with Gasteiger partial charge in [0.15, 0.2) is 0 Å². The number of anilines is 1. The van der Waals surface area contributed by atoms with Crippen LogP contribution < -0.4 is 10.6 Å². The van der Waals surface area contributed by atoms with E-state index in [0.717, 1.165) is 37.2 Å². The van der Waals surface area contributed by atoms with Gasteiger partial charge in [-0.3, -0.25) is 9.59 Å². The second kappa shape index (κ2) is 7.57. The zero-order valence-corrected chi connectivity index (χ0v) is 13.2. The minimum atomic E-state index is -0.448. The first-order chi connectivity index (χ1) is 11.2. The smallest absolute Gasteiger partial charge is 0.254 e. The van der Waals surface area contributed by atoms with E-state index in [0.29, 0.717) is 26.1 Å². The van der Waals surface area contributed by atoms with Gasteiger partial charge < -0.3 is 20.3 Å². The molecule has 0 aromatic heterocycles. The molecule has 1 aromatic rings. The van der Waals surface area contributed by atoms with Crippen LogP contribution in [0, 0.1) is 0 Å². The highest BCUT2D eigenvalue weighted by Gasteiger charge is 2.22. The summed E-state index contributed by atoms with van der Waals surface area (Å²) < 4.78 is 5.45. The van der Waals surface area contributed by atoms with Crippen LogP contribution in [0.1, 0.15) is 24.8 Å². The summed E-state index contributed by atoms with van der Waals surface area (Å²) in [4.78, 5) is 26.0. The van der Waals surface area contributed by atoms with Crippen molar-refractivity contribution >= 4 is 17.5 Å². The van der Waals surface area contributed by atoms with Gasteiger partial charge in [-0.2, -0.15) is 0 Å². The van der Waals surface area contributed by atoms with Crippen LogP contribution in [0.25, 0.3) is 0 Å². The normalized spacial score (nSPS) is 22.0. The lowest BCUT2D eigenvalue weighted by molar-refractivity contribution is -0.134. The highest BCUT2D eigenvalue weighted by molar-refractivity contribution is 5.94. The Balaban J connectivity index is 1.60. The molecule has 0 saturated carbocycles. The molecule has 1 aromatic carbocycles. The Morgan fingerprint density at radius 2 is 2.30 bits per heavy atom. The van der Waals surface area contributed by atoms with E-state index < -0.39 is 6.10 Å². The first-order valence-electron chi connectivity index (χ1n) is 8.22. The Morgan fingerprint density at radius 1 is 1.39 bits per heavy atom. The van der Waals surface area contributed by atoms with Crippen molar-refractivity contribution in [2.45, 2.75) is 31.9 Å². The second-order valence-electron chi connectivity index (χ2n) is 6.03.